The van der Waals surface area contributed by atoms with Gasteiger partial charge >= 0.3 is 0 Å². The molecule has 0 saturated carbocycles. The minimum absolute atomic E-state index is 0.223. The van der Waals surface area contributed by atoms with Crippen LogP contribution in [0.1, 0.15) is 29.8 Å². The number of aryl methyl sites for hydroxylation is 1. The molecule has 0 aliphatic carbocycles. The number of hydrogen-bond acceptors (Lipinski definition) is 3. The topological polar surface area (TPSA) is 51.2 Å². The average Bonchev–Trinajstić information content (AvgIpc) is 2.71. The summed E-state index contributed by atoms with van der Waals surface area (Å²) in [5.41, 5.74) is 1.44. The van der Waals surface area contributed by atoms with Crippen LogP contribution in [0.5, 0.6) is 11.5 Å². The molecule has 30 heavy (non-hydrogen) atoms. The minimum Gasteiger partial charge on any atom is -0.456 e. The first-order valence-electron chi connectivity index (χ1n) is 9.15. The van der Waals surface area contributed by atoms with Gasteiger partial charge in [0.05, 0.1) is 12.2 Å². The third kappa shape index (κ3) is 5.47. The molecule has 2 aromatic carbocycles. The Morgan fingerprint density at radius 1 is 1.03 bits per heavy atom. The highest BCUT2D eigenvalue weighted by atomic mass is 19.2. The van der Waals surface area contributed by atoms with Crippen LogP contribution >= 0.6 is 0 Å². The van der Waals surface area contributed by atoms with Crippen LogP contribution in [0.15, 0.2) is 60.8 Å². The molecule has 1 atom stereocenters. The highest BCUT2D eigenvalue weighted by molar-refractivity contribution is 5.92. The number of nitrogens with one attached hydrogen (secondary N) is 1. The largest absolute Gasteiger partial charge is 0.456 e. The lowest BCUT2D eigenvalue weighted by molar-refractivity contribution is -0.117. The number of rotatable bonds is 6. The molecular formula is C23H19F3N2O2. The van der Waals surface area contributed by atoms with Crippen molar-refractivity contribution in [3.63, 3.8) is 0 Å². The van der Waals surface area contributed by atoms with Gasteiger partial charge in [-0.2, -0.15) is 0 Å². The van der Waals surface area contributed by atoms with Crippen LogP contribution in [-0.2, 0) is 4.79 Å². The standard InChI is InChI=1S/C23H19F3N2O2/c1-14-6-8-19(13-27-14)30-18-5-3-4-16(10-18)15(2)28-23(29)9-7-17-11-21(25)22(26)12-20(17)24/h3-13,15H,1-2H3,(H,28,29)/b9-7+. The van der Waals surface area contributed by atoms with Crippen LogP contribution in [0.3, 0.4) is 0 Å². The summed E-state index contributed by atoms with van der Waals surface area (Å²) in [7, 11) is 0. The van der Waals surface area contributed by atoms with E-state index in [2.05, 4.69) is 10.3 Å². The molecule has 0 saturated heterocycles. The van der Waals surface area contributed by atoms with Gasteiger partial charge in [0.2, 0.25) is 5.91 Å². The predicted octanol–water partition coefficient (Wildman–Crippen LogP) is 5.49. The number of ether oxygens (including phenoxy) is 1. The summed E-state index contributed by atoms with van der Waals surface area (Å²) in [6.45, 7) is 3.65. The fourth-order valence-corrected chi connectivity index (χ4v) is 2.67. The Kier molecular flexibility index (Phi) is 6.51. The van der Waals surface area contributed by atoms with Crippen LogP contribution in [0.25, 0.3) is 6.08 Å². The van der Waals surface area contributed by atoms with Crippen molar-refractivity contribution in [3.05, 3.63) is 95.1 Å². The average molecular weight is 412 g/mol. The molecule has 0 bridgehead atoms. The van der Waals surface area contributed by atoms with Crippen LogP contribution < -0.4 is 10.1 Å². The summed E-state index contributed by atoms with van der Waals surface area (Å²) in [5, 5.41) is 2.73. The number of carbonyl (C=O) groups is 1. The van der Waals surface area contributed by atoms with Crippen molar-refractivity contribution in [2.45, 2.75) is 19.9 Å². The van der Waals surface area contributed by atoms with E-state index in [1.807, 2.05) is 25.1 Å². The van der Waals surface area contributed by atoms with E-state index in [9.17, 15) is 18.0 Å². The van der Waals surface area contributed by atoms with Crippen molar-refractivity contribution in [3.8, 4) is 11.5 Å². The molecule has 1 amide bonds. The predicted molar refractivity (Wildman–Crippen MR) is 107 cm³/mol. The number of amides is 1. The third-order valence-corrected chi connectivity index (χ3v) is 4.29. The van der Waals surface area contributed by atoms with Gasteiger partial charge in [0.15, 0.2) is 11.6 Å². The fourth-order valence-electron chi connectivity index (χ4n) is 2.67. The maximum Gasteiger partial charge on any atom is 0.244 e. The first-order chi connectivity index (χ1) is 14.3. The van der Waals surface area contributed by atoms with Gasteiger partial charge in [-0.1, -0.05) is 12.1 Å². The maximum atomic E-state index is 13.6. The molecule has 4 nitrogen and oxygen atoms in total. The summed E-state index contributed by atoms with van der Waals surface area (Å²) >= 11 is 0. The zero-order valence-electron chi connectivity index (χ0n) is 16.3. The summed E-state index contributed by atoms with van der Waals surface area (Å²) in [5.74, 6) is -2.77. The van der Waals surface area contributed by atoms with Gasteiger partial charge < -0.3 is 10.1 Å². The summed E-state index contributed by atoms with van der Waals surface area (Å²) in [6.07, 6.45) is 3.77. The van der Waals surface area contributed by atoms with Gasteiger partial charge in [-0.25, -0.2) is 13.2 Å². The molecule has 154 valence electrons. The Labute approximate surface area is 172 Å². The third-order valence-electron chi connectivity index (χ3n) is 4.29. The molecule has 1 N–H and O–H groups in total. The molecule has 3 aromatic rings. The van der Waals surface area contributed by atoms with Crippen molar-refractivity contribution in [1.82, 2.24) is 10.3 Å². The van der Waals surface area contributed by atoms with Crippen LogP contribution in [-0.4, -0.2) is 10.9 Å². The Hall–Kier alpha value is -3.61. The van der Waals surface area contributed by atoms with Crippen molar-refractivity contribution in [2.24, 2.45) is 0 Å². The molecule has 0 aliphatic rings. The minimum atomic E-state index is -1.29. The van der Waals surface area contributed by atoms with Gasteiger partial charge in [-0.3, -0.25) is 9.78 Å². The SMILES string of the molecule is Cc1ccc(Oc2cccc(C(C)NC(=O)/C=C/c3cc(F)c(F)cc3F)c2)cn1. The van der Waals surface area contributed by atoms with E-state index in [4.69, 9.17) is 4.74 Å². The highest BCUT2D eigenvalue weighted by Crippen LogP contribution is 2.24. The van der Waals surface area contributed by atoms with E-state index in [-0.39, 0.29) is 11.6 Å². The molecule has 0 aliphatic heterocycles. The van der Waals surface area contributed by atoms with Gasteiger partial charge in [0, 0.05) is 23.4 Å². The molecule has 1 heterocycles. The van der Waals surface area contributed by atoms with E-state index in [0.29, 0.717) is 23.6 Å². The molecule has 0 radical (unpaired) electrons. The summed E-state index contributed by atoms with van der Waals surface area (Å²) in [4.78, 5) is 16.3. The lowest BCUT2D eigenvalue weighted by atomic mass is 10.1. The molecule has 0 fully saturated rings. The van der Waals surface area contributed by atoms with Crippen molar-refractivity contribution in [2.75, 3.05) is 0 Å². The quantitative estimate of drug-likeness (QED) is 0.430. The Bertz CT molecular complexity index is 1080. The van der Waals surface area contributed by atoms with E-state index in [1.165, 1.54) is 0 Å². The number of aromatic nitrogens is 1. The van der Waals surface area contributed by atoms with Crippen molar-refractivity contribution >= 4 is 12.0 Å². The molecule has 1 unspecified atom stereocenters. The molecule has 0 spiro atoms. The normalized spacial score (nSPS) is 12.0. The van der Waals surface area contributed by atoms with E-state index in [0.717, 1.165) is 23.4 Å². The second-order valence-electron chi connectivity index (χ2n) is 6.66. The Balaban J connectivity index is 1.65. The number of nitrogens with zero attached hydrogens (tertiary/aromatic N) is 1. The van der Waals surface area contributed by atoms with Crippen molar-refractivity contribution < 1.29 is 22.7 Å². The van der Waals surface area contributed by atoms with E-state index < -0.39 is 23.4 Å². The first-order valence-corrected chi connectivity index (χ1v) is 9.15. The monoisotopic (exact) mass is 412 g/mol. The molecule has 3 rings (SSSR count). The first kappa shape index (κ1) is 21.1. The maximum absolute atomic E-state index is 13.6. The lowest BCUT2D eigenvalue weighted by Gasteiger charge is -2.14. The number of carbonyl (C=O) groups excluding carboxylic acids is 1. The van der Waals surface area contributed by atoms with Crippen LogP contribution in [0.2, 0.25) is 0 Å². The lowest BCUT2D eigenvalue weighted by Crippen LogP contribution is -2.24. The molecule has 7 heteroatoms. The smallest absolute Gasteiger partial charge is 0.244 e. The van der Waals surface area contributed by atoms with Gasteiger partial charge in [0.25, 0.3) is 0 Å². The van der Waals surface area contributed by atoms with Crippen LogP contribution in [0.4, 0.5) is 13.2 Å². The number of benzene rings is 2. The number of hydrogen-bond donors (Lipinski definition) is 1. The van der Waals surface area contributed by atoms with Crippen molar-refractivity contribution in [1.29, 1.82) is 0 Å². The zero-order chi connectivity index (χ0) is 21.7. The van der Waals surface area contributed by atoms with Gasteiger partial charge in [-0.05, 0) is 55.8 Å². The zero-order valence-corrected chi connectivity index (χ0v) is 16.3. The van der Waals surface area contributed by atoms with E-state index in [1.54, 1.807) is 31.3 Å². The van der Waals surface area contributed by atoms with Gasteiger partial charge in [-0.15, -0.1) is 0 Å². The summed E-state index contributed by atoms with van der Waals surface area (Å²) in [6, 6.07) is 11.6. The molecule has 1 aromatic heterocycles. The van der Waals surface area contributed by atoms with Gasteiger partial charge in [0.1, 0.15) is 17.3 Å². The second-order valence-corrected chi connectivity index (χ2v) is 6.66. The molecular weight excluding hydrogens is 393 g/mol. The highest BCUT2D eigenvalue weighted by Gasteiger charge is 2.11. The second kappa shape index (κ2) is 9.26. The Morgan fingerprint density at radius 3 is 2.53 bits per heavy atom. The number of halogens is 3. The van der Waals surface area contributed by atoms with Crippen LogP contribution in [0, 0.1) is 24.4 Å². The fraction of sp³-hybridized carbons (Fsp3) is 0.130. The van der Waals surface area contributed by atoms with E-state index >= 15 is 0 Å². The Morgan fingerprint density at radius 2 is 1.80 bits per heavy atom. The summed E-state index contributed by atoms with van der Waals surface area (Å²) < 4.78 is 45.6. The number of pyridine rings is 1.